The van der Waals surface area contributed by atoms with Gasteiger partial charge in [0.25, 0.3) is 5.56 Å². The molecule has 190 valence electrons. The number of imidazole rings is 1. The Bertz CT molecular complexity index is 1260. The highest BCUT2D eigenvalue weighted by Gasteiger charge is 2.22. The van der Waals surface area contributed by atoms with Crippen molar-refractivity contribution in [3.05, 3.63) is 93.0 Å². The van der Waals surface area contributed by atoms with Crippen LogP contribution in [0.1, 0.15) is 64.1 Å². The first kappa shape index (κ1) is 30.2. The molecule has 35 heavy (non-hydrogen) atoms. The van der Waals surface area contributed by atoms with E-state index in [1.165, 1.54) is 22.6 Å². The minimum atomic E-state index is -0.630. The Morgan fingerprint density at radius 1 is 0.857 bits per heavy atom. The lowest BCUT2D eigenvalue weighted by molar-refractivity contribution is 0.542. The van der Waals surface area contributed by atoms with Crippen LogP contribution in [0.15, 0.2) is 53.3 Å². The maximum Gasteiger partial charge on any atom is 0.262 e. The van der Waals surface area contributed by atoms with Crippen molar-refractivity contribution >= 4 is 21.7 Å². The molecule has 0 fully saturated rings. The molecule has 2 heterocycles. The molecule has 0 spiro atoms. The Hall–Kier alpha value is -2.80. The first-order valence-corrected chi connectivity index (χ1v) is 13.2. The highest BCUT2D eigenvalue weighted by molar-refractivity contribution is 9.08. The molecule has 0 unspecified atom stereocenters. The van der Waals surface area contributed by atoms with E-state index in [9.17, 15) is 13.6 Å². The van der Waals surface area contributed by atoms with Gasteiger partial charge in [0.15, 0.2) is 0 Å². The zero-order chi connectivity index (χ0) is 26.7. The first-order chi connectivity index (χ1) is 16.9. The molecule has 4 rings (SSSR count). The molecule has 0 N–H and O–H groups in total. The molecule has 0 atom stereocenters. The summed E-state index contributed by atoms with van der Waals surface area (Å²) >= 11 is 3.47. The van der Waals surface area contributed by atoms with Gasteiger partial charge in [0.05, 0.1) is 17.9 Å². The van der Waals surface area contributed by atoms with E-state index < -0.39 is 11.6 Å². The fourth-order valence-corrected chi connectivity index (χ4v) is 4.01. The molecule has 0 radical (unpaired) electrons. The Balaban J connectivity index is 0.000000949. The van der Waals surface area contributed by atoms with E-state index in [1.54, 1.807) is 18.4 Å². The summed E-state index contributed by atoms with van der Waals surface area (Å²) in [7, 11) is 0. The van der Waals surface area contributed by atoms with Crippen LogP contribution in [0.25, 0.3) is 17.0 Å². The Morgan fingerprint density at radius 3 is 1.91 bits per heavy atom. The lowest BCUT2D eigenvalue weighted by atomic mass is 10.1. The molecule has 4 aromatic rings. The van der Waals surface area contributed by atoms with Crippen LogP contribution >= 0.6 is 15.9 Å². The smallest absolute Gasteiger partial charge is 0.262 e. The Labute approximate surface area is 215 Å². The van der Waals surface area contributed by atoms with Gasteiger partial charge >= 0.3 is 0 Å². The van der Waals surface area contributed by atoms with Crippen molar-refractivity contribution in [3.63, 3.8) is 0 Å². The largest absolute Gasteiger partial charge is 0.311 e. The van der Waals surface area contributed by atoms with Gasteiger partial charge in [-0.1, -0.05) is 93.9 Å². The van der Waals surface area contributed by atoms with Gasteiger partial charge in [-0.25, -0.2) is 18.2 Å². The third-order valence-electron chi connectivity index (χ3n) is 5.22. The van der Waals surface area contributed by atoms with Crippen LogP contribution in [0, 0.1) is 25.5 Å². The number of halogens is 3. The topological polar surface area (TPSA) is 39.3 Å². The number of benzene rings is 2. The average Bonchev–Trinajstić information content (AvgIpc) is 3.30. The van der Waals surface area contributed by atoms with Gasteiger partial charge in [0, 0.05) is 27.7 Å². The maximum atomic E-state index is 14.3. The fraction of sp³-hybridized carbons (Fsp3) is 0.357. The van der Waals surface area contributed by atoms with Crippen molar-refractivity contribution in [2.75, 3.05) is 0 Å². The minimum absolute atomic E-state index is 0.0646. The standard InChI is InChI=1S/C22H18BrF2N3O.3C2H6/c1-13-14(2)27(12-16-17(24)9-6-10-18(16)25)22-26-20(15-7-4-3-5-8-15)19(11-23)28(22)21(13)29;3*1-2/h3-10H,11-12H2,1-2H3;3*1-2H3. The van der Waals surface area contributed by atoms with E-state index >= 15 is 0 Å². The molecular weight excluding hydrogens is 512 g/mol. The van der Waals surface area contributed by atoms with E-state index in [0.29, 0.717) is 33.8 Å². The summed E-state index contributed by atoms with van der Waals surface area (Å²) in [4.78, 5) is 17.8. The van der Waals surface area contributed by atoms with Crippen molar-refractivity contribution in [1.82, 2.24) is 14.0 Å². The molecule has 0 amide bonds. The van der Waals surface area contributed by atoms with Gasteiger partial charge in [-0.3, -0.25) is 4.79 Å². The zero-order valence-electron chi connectivity index (χ0n) is 21.9. The highest BCUT2D eigenvalue weighted by Crippen LogP contribution is 2.27. The molecule has 0 saturated carbocycles. The summed E-state index contributed by atoms with van der Waals surface area (Å²) in [5.74, 6) is -0.905. The summed E-state index contributed by atoms with van der Waals surface area (Å²) < 4.78 is 31.8. The van der Waals surface area contributed by atoms with Crippen LogP contribution in [-0.4, -0.2) is 14.0 Å². The number of hydrogen-bond acceptors (Lipinski definition) is 2. The third kappa shape index (κ3) is 6.26. The minimum Gasteiger partial charge on any atom is -0.311 e. The molecular formula is C28H36BrF2N3O. The second kappa shape index (κ2) is 14.6. The summed E-state index contributed by atoms with van der Waals surface area (Å²) in [5, 5.41) is 0.407. The van der Waals surface area contributed by atoms with Crippen molar-refractivity contribution < 1.29 is 8.78 Å². The van der Waals surface area contributed by atoms with Gasteiger partial charge < -0.3 is 4.57 Å². The molecule has 0 bridgehead atoms. The molecule has 4 nitrogen and oxygen atoms in total. The number of aromatic nitrogens is 3. The lowest BCUT2D eigenvalue weighted by Gasteiger charge is -2.16. The van der Waals surface area contributed by atoms with E-state index in [4.69, 9.17) is 4.98 Å². The van der Waals surface area contributed by atoms with Crippen LogP contribution in [0.3, 0.4) is 0 Å². The maximum absolute atomic E-state index is 14.3. The van der Waals surface area contributed by atoms with E-state index in [2.05, 4.69) is 15.9 Å². The second-order valence-electron chi connectivity index (χ2n) is 6.84. The number of alkyl halides is 1. The first-order valence-electron chi connectivity index (χ1n) is 12.1. The number of fused-ring (bicyclic) bond motifs is 1. The van der Waals surface area contributed by atoms with Crippen LogP contribution in [0.5, 0.6) is 0 Å². The molecule has 2 aromatic heterocycles. The van der Waals surface area contributed by atoms with Crippen molar-refractivity contribution in [2.24, 2.45) is 0 Å². The zero-order valence-corrected chi connectivity index (χ0v) is 23.5. The van der Waals surface area contributed by atoms with Crippen LogP contribution in [0.4, 0.5) is 8.78 Å². The highest BCUT2D eigenvalue weighted by atomic mass is 79.9. The van der Waals surface area contributed by atoms with Gasteiger partial charge in [-0.15, -0.1) is 0 Å². The van der Waals surface area contributed by atoms with Crippen LogP contribution in [0.2, 0.25) is 0 Å². The predicted octanol–water partition coefficient (Wildman–Crippen LogP) is 8.08. The SMILES string of the molecule is CC.CC.CC.Cc1c(C)n(Cc2c(F)cccc2F)c2nc(-c3ccccc3)c(CBr)n2c1=O. The van der Waals surface area contributed by atoms with Crippen molar-refractivity contribution in [1.29, 1.82) is 0 Å². The van der Waals surface area contributed by atoms with E-state index in [0.717, 1.165) is 5.56 Å². The summed E-state index contributed by atoms with van der Waals surface area (Å²) in [6, 6.07) is 13.3. The molecule has 0 aliphatic rings. The van der Waals surface area contributed by atoms with Crippen LogP contribution in [-0.2, 0) is 11.9 Å². The number of nitrogens with zero attached hydrogens (tertiary/aromatic N) is 3. The molecule has 0 aliphatic heterocycles. The van der Waals surface area contributed by atoms with Gasteiger partial charge in [-0.05, 0) is 26.0 Å². The number of rotatable bonds is 4. The third-order valence-corrected chi connectivity index (χ3v) is 5.75. The predicted molar refractivity (Wildman–Crippen MR) is 146 cm³/mol. The lowest BCUT2D eigenvalue weighted by Crippen LogP contribution is -2.25. The van der Waals surface area contributed by atoms with Gasteiger partial charge in [0.1, 0.15) is 11.6 Å². The van der Waals surface area contributed by atoms with E-state index in [1.807, 2.05) is 71.9 Å². The Kier molecular flexibility index (Phi) is 12.6. The molecule has 0 saturated heterocycles. The van der Waals surface area contributed by atoms with E-state index in [-0.39, 0.29) is 17.7 Å². The summed E-state index contributed by atoms with van der Waals surface area (Å²) in [6.07, 6.45) is 0. The van der Waals surface area contributed by atoms with Crippen LogP contribution < -0.4 is 5.56 Å². The average molecular weight is 549 g/mol. The molecule has 0 aliphatic carbocycles. The summed E-state index contributed by atoms with van der Waals surface area (Å²) in [5.41, 5.74) is 3.10. The molecule has 7 heteroatoms. The van der Waals surface area contributed by atoms with Crippen molar-refractivity contribution in [3.8, 4) is 11.3 Å². The van der Waals surface area contributed by atoms with Gasteiger partial charge in [-0.2, -0.15) is 0 Å². The molecule has 2 aromatic carbocycles. The van der Waals surface area contributed by atoms with Gasteiger partial charge in [0.2, 0.25) is 5.78 Å². The number of hydrogen-bond donors (Lipinski definition) is 0. The quantitative estimate of drug-likeness (QED) is 0.242. The fourth-order valence-electron chi connectivity index (χ4n) is 3.49. The van der Waals surface area contributed by atoms with Crippen molar-refractivity contribution in [2.45, 2.75) is 67.3 Å². The Morgan fingerprint density at radius 2 is 1.40 bits per heavy atom. The monoisotopic (exact) mass is 547 g/mol. The second-order valence-corrected chi connectivity index (χ2v) is 7.40. The summed E-state index contributed by atoms with van der Waals surface area (Å²) in [6.45, 7) is 15.4. The normalized spacial score (nSPS) is 9.91.